The van der Waals surface area contributed by atoms with Crippen molar-refractivity contribution in [3.05, 3.63) is 60.2 Å². The van der Waals surface area contributed by atoms with E-state index in [0.717, 1.165) is 23.4 Å². The number of fused-ring (bicyclic) bond motifs is 3. The lowest BCUT2D eigenvalue weighted by molar-refractivity contribution is -0.127. The smallest absolute Gasteiger partial charge is 0.328 e. The number of amides is 3. The molecule has 1 N–H and O–H groups in total. The van der Waals surface area contributed by atoms with E-state index in [2.05, 4.69) is 15.3 Å². The highest BCUT2D eigenvalue weighted by molar-refractivity contribution is 7.22. The number of nitrogens with one attached hydrogen (secondary N) is 1. The van der Waals surface area contributed by atoms with Crippen molar-refractivity contribution in [3.8, 4) is 23.1 Å². The second-order valence-electron chi connectivity index (χ2n) is 9.64. The standard InChI is InChI=1S/C28H27N5O5S/c1-17(34)32-13-12-28(15-32)16-33(27(35)31-26-29-22-9-11-24(37-3)30-25(22)39-26)23-10-8-20(14-21(23)28)38-19-6-4-18(36-2)5-7-19/h4-11,14H,12-13,15-16H2,1-3H3,(H,29,31,35). The van der Waals surface area contributed by atoms with Gasteiger partial charge in [0.05, 0.1) is 14.2 Å². The van der Waals surface area contributed by atoms with Gasteiger partial charge >= 0.3 is 6.03 Å². The van der Waals surface area contributed by atoms with Crippen molar-refractivity contribution in [2.24, 2.45) is 0 Å². The van der Waals surface area contributed by atoms with Crippen LogP contribution in [0.1, 0.15) is 18.9 Å². The van der Waals surface area contributed by atoms with Crippen LogP contribution in [0.15, 0.2) is 54.6 Å². The fourth-order valence-electron chi connectivity index (χ4n) is 5.29. The van der Waals surface area contributed by atoms with Crippen molar-refractivity contribution < 1.29 is 23.8 Å². The monoisotopic (exact) mass is 545 g/mol. The number of nitrogens with zero attached hydrogens (tertiary/aromatic N) is 4. The van der Waals surface area contributed by atoms with Crippen molar-refractivity contribution in [1.29, 1.82) is 0 Å². The maximum Gasteiger partial charge on any atom is 0.328 e. The number of rotatable bonds is 5. The van der Waals surface area contributed by atoms with Gasteiger partial charge in [-0.25, -0.2) is 14.8 Å². The van der Waals surface area contributed by atoms with Gasteiger partial charge in [-0.1, -0.05) is 11.3 Å². The fourth-order valence-corrected chi connectivity index (χ4v) is 6.11. The van der Waals surface area contributed by atoms with Crippen LogP contribution in [0.2, 0.25) is 0 Å². The number of hydrogen-bond donors (Lipinski definition) is 1. The van der Waals surface area contributed by atoms with Crippen molar-refractivity contribution in [2.75, 3.05) is 44.1 Å². The fraction of sp³-hybridized carbons (Fsp3) is 0.286. The minimum absolute atomic E-state index is 0.0272. The number of thiazole rings is 1. The van der Waals surface area contributed by atoms with Crippen LogP contribution < -0.4 is 24.4 Å². The lowest BCUT2D eigenvalue weighted by atomic mass is 9.81. The molecule has 3 amide bonds. The average molecular weight is 546 g/mol. The minimum atomic E-state index is -0.389. The molecule has 1 spiro atoms. The normalized spacial score (nSPS) is 17.9. The second kappa shape index (κ2) is 9.73. The van der Waals surface area contributed by atoms with E-state index in [1.807, 2.05) is 53.4 Å². The Bertz CT molecular complexity index is 1570. The van der Waals surface area contributed by atoms with Crippen LogP contribution in [0.5, 0.6) is 23.1 Å². The Balaban J connectivity index is 1.30. The summed E-state index contributed by atoms with van der Waals surface area (Å²) in [5.74, 6) is 2.60. The van der Waals surface area contributed by atoms with Gasteiger partial charge in [-0.05, 0) is 60.5 Å². The molecule has 4 aromatic rings. The van der Waals surface area contributed by atoms with Gasteiger partial charge in [0.2, 0.25) is 11.8 Å². The lowest BCUT2D eigenvalue weighted by Gasteiger charge is -2.25. The Morgan fingerprint density at radius 1 is 0.949 bits per heavy atom. The summed E-state index contributed by atoms with van der Waals surface area (Å²) in [5, 5.41) is 3.40. The van der Waals surface area contributed by atoms with E-state index < -0.39 is 0 Å². The highest BCUT2D eigenvalue weighted by Gasteiger charge is 2.49. The molecule has 0 bridgehead atoms. The molecule has 0 saturated carbocycles. The van der Waals surface area contributed by atoms with E-state index in [9.17, 15) is 9.59 Å². The molecule has 2 aromatic carbocycles. The number of carbonyl (C=O) groups excluding carboxylic acids is 2. The third-order valence-electron chi connectivity index (χ3n) is 7.28. The Morgan fingerprint density at radius 3 is 2.44 bits per heavy atom. The largest absolute Gasteiger partial charge is 0.497 e. The third kappa shape index (κ3) is 4.59. The molecule has 1 atom stereocenters. The van der Waals surface area contributed by atoms with Gasteiger partial charge in [-0.2, -0.15) is 0 Å². The number of ether oxygens (including phenoxy) is 3. The SMILES string of the molecule is COc1ccc(Oc2ccc3c(c2)C2(CCN(C(C)=O)C2)CN3C(=O)Nc2nc3ccc(OC)nc3s2)cc1. The minimum Gasteiger partial charge on any atom is -0.497 e. The zero-order chi connectivity index (χ0) is 27.1. The Hall–Kier alpha value is -4.38. The first-order valence-corrected chi connectivity index (χ1v) is 13.3. The van der Waals surface area contributed by atoms with Crippen LogP contribution in [0.3, 0.4) is 0 Å². The molecular weight excluding hydrogens is 518 g/mol. The lowest BCUT2D eigenvalue weighted by Crippen LogP contribution is -2.41. The Morgan fingerprint density at radius 2 is 1.72 bits per heavy atom. The van der Waals surface area contributed by atoms with Crippen LogP contribution in [-0.2, 0) is 10.2 Å². The topological polar surface area (TPSA) is 106 Å². The first-order valence-electron chi connectivity index (χ1n) is 12.5. The molecule has 39 heavy (non-hydrogen) atoms. The van der Waals surface area contributed by atoms with Crippen LogP contribution in [0, 0.1) is 0 Å². The zero-order valence-corrected chi connectivity index (χ0v) is 22.6. The zero-order valence-electron chi connectivity index (χ0n) is 21.8. The van der Waals surface area contributed by atoms with Crippen LogP contribution in [0.4, 0.5) is 15.6 Å². The maximum absolute atomic E-state index is 13.6. The Labute approximate surface area is 229 Å². The van der Waals surface area contributed by atoms with Gasteiger partial charge in [-0.3, -0.25) is 15.0 Å². The van der Waals surface area contributed by atoms with Gasteiger partial charge in [0.25, 0.3) is 0 Å². The molecule has 11 heteroatoms. The summed E-state index contributed by atoms with van der Waals surface area (Å²) in [6.45, 7) is 3.20. The van der Waals surface area contributed by atoms with Crippen LogP contribution in [0.25, 0.3) is 10.3 Å². The quantitative estimate of drug-likeness (QED) is 0.374. The first-order chi connectivity index (χ1) is 18.9. The van der Waals surface area contributed by atoms with E-state index in [-0.39, 0.29) is 17.4 Å². The molecule has 200 valence electrons. The van der Waals surface area contributed by atoms with Crippen LogP contribution in [-0.4, -0.2) is 60.7 Å². The number of methoxy groups -OCH3 is 2. The van der Waals surface area contributed by atoms with Gasteiger partial charge in [0.1, 0.15) is 27.6 Å². The van der Waals surface area contributed by atoms with Gasteiger partial charge < -0.3 is 19.1 Å². The summed E-state index contributed by atoms with van der Waals surface area (Å²) >= 11 is 1.29. The van der Waals surface area contributed by atoms with E-state index in [1.54, 1.807) is 32.1 Å². The highest BCUT2D eigenvalue weighted by Crippen LogP contribution is 2.48. The molecule has 2 aromatic heterocycles. The van der Waals surface area contributed by atoms with Crippen LogP contribution >= 0.6 is 11.3 Å². The summed E-state index contributed by atoms with van der Waals surface area (Å²) in [5.41, 5.74) is 2.08. The molecule has 10 nitrogen and oxygen atoms in total. The number of pyridine rings is 1. The molecule has 1 fully saturated rings. The van der Waals surface area contributed by atoms with E-state index in [4.69, 9.17) is 14.2 Å². The summed E-state index contributed by atoms with van der Waals surface area (Å²) in [7, 11) is 3.18. The number of aromatic nitrogens is 2. The van der Waals surface area contributed by atoms with Crippen molar-refractivity contribution >= 4 is 44.4 Å². The third-order valence-corrected chi connectivity index (χ3v) is 8.16. The van der Waals surface area contributed by atoms with Gasteiger partial charge in [0.15, 0.2) is 5.13 Å². The number of benzene rings is 2. The van der Waals surface area contributed by atoms with Crippen molar-refractivity contribution in [2.45, 2.75) is 18.8 Å². The number of likely N-dealkylation sites (tertiary alicyclic amines) is 1. The predicted octanol–water partition coefficient (Wildman–Crippen LogP) is 5.04. The molecule has 1 saturated heterocycles. The molecular formula is C28H27N5O5S. The van der Waals surface area contributed by atoms with Gasteiger partial charge in [-0.15, -0.1) is 0 Å². The summed E-state index contributed by atoms with van der Waals surface area (Å²) < 4.78 is 16.6. The van der Waals surface area contributed by atoms with Crippen molar-refractivity contribution in [3.63, 3.8) is 0 Å². The molecule has 1 unspecified atom stereocenters. The summed E-state index contributed by atoms with van der Waals surface area (Å²) in [6.07, 6.45) is 0.750. The number of anilines is 2. The van der Waals surface area contributed by atoms with Gasteiger partial charge in [0, 0.05) is 43.7 Å². The highest BCUT2D eigenvalue weighted by atomic mass is 32.1. The molecule has 2 aliphatic heterocycles. The number of carbonyl (C=O) groups is 2. The number of hydrogen-bond acceptors (Lipinski definition) is 8. The van der Waals surface area contributed by atoms with E-state index in [0.29, 0.717) is 52.5 Å². The van der Waals surface area contributed by atoms with Crippen molar-refractivity contribution in [1.82, 2.24) is 14.9 Å². The molecule has 0 aliphatic carbocycles. The molecule has 0 radical (unpaired) electrons. The van der Waals surface area contributed by atoms with E-state index in [1.165, 1.54) is 11.3 Å². The molecule has 6 rings (SSSR count). The Kier molecular flexibility index (Phi) is 6.22. The average Bonchev–Trinajstić information content (AvgIpc) is 3.64. The number of urea groups is 1. The summed E-state index contributed by atoms with van der Waals surface area (Å²) in [6, 6.07) is 16.4. The predicted molar refractivity (Wildman–Crippen MR) is 148 cm³/mol. The molecule has 4 heterocycles. The summed E-state index contributed by atoms with van der Waals surface area (Å²) in [4.78, 5) is 39.0. The second-order valence-corrected chi connectivity index (χ2v) is 10.6. The molecule has 2 aliphatic rings. The van der Waals surface area contributed by atoms with E-state index >= 15 is 0 Å². The first kappa shape index (κ1) is 24.9. The maximum atomic E-state index is 13.6.